The highest BCUT2D eigenvalue weighted by atomic mass is 16.2. The molecule has 4 nitrogen and oxygen atoms in total. The standard InChI is InChI=1S/C9H14N2O2/c1-3-6-11-9(13)8(10-2)5-4-7-12/h1,7-8,10H,4-6H2,2H3,(H,11,13). The topological polar surface area (TPSA) is 58.2 Å². The zero-order chi connectivity index (χ0) is 10.1. The Labute approximate surface area is 78.1 Å². The van der Waals surface area contributed by atoms with Gasteiger partial charge in [-0.2, -0.15) is 0 Å². The van der Waals surface area contributed by atoms with Crippen molar-refractivity contribution in [1.82, 2.24) is 10.6 Å². The zero-order valence-electron chi connectivity index (χ0n) is 7.67. The van der Waals surface area contributed by atoms with Crippen LogP contribution < -0.4 is 10.6 Å². The predicted octanol–water partition coefficient (Wildman–Crippen LogP) is -0.697. The Kier molecular flexibility index (Phi) is 6.56. The van der Waals surface area contributed by atoms with E-state index in [9.17, 15) is 9.59 Å². The first kappa shape index (κ1) is 11.7. The second-order valence-electron chi connectivity index (χ2n) is 2.51. The normalized spacial score (nSPS) is 11.4. The van der Waals surface area contributed by atoms with Gasteiger partial charge in [-0.25, -0.2) is 0 Å². The summed E-state index contributed by atoms with van der Waals surface area (Å²) in [5.41, 5.74) is 0. The Morgan fingerprint density at radius 2 is 2.38 bits per heavy atom. The number of nitrogens with one attached hydrogen (secondary N) is 2. The molecule has 0 saturated heterocycles. The van der Waals surface area contributed by atoms with E-state index >= 15 is 0 Å². The van der Waals surface area contributed by atoms with E-state index in [-0.39, 0.29) is 18.5 Å². The van der Waals surface area contributed by atoms with Gasteiger partial charge in [0.2, 0.25) is 5.91 Å². The fourth-order valence-corrected chi connectivity index (χ4v) is 0.903. The maximum absolute atomic E-state index is 11.3. The van der Waals surface area contributed by atoms with E-state index < -0.39 is 0 Å². The Morgan fingerprint density at radius 3 is 2.85 bits per heavy atom. The van der Waals surface area contributed by atoms with Crippen LogP contribution in [0.5, 0.6) is 0 Å². The number of carbonyl (C=O) groups excluding carboxylic acids is 2. The number of terminal acetylenes is 1. The molecule has 0 saturated carbocycles. The van der Waals surface area contributed by atoms with Crippen LogP contribution in [0.1, 0.15) is 12.8 Å². The van der Waals surface area contributed by atoms with Crippen LogP contribution in [0.4, 0.5) is 0 Å². The lowest BCUT2D eigenvalue weighted by molar-refractivity contribution is -0.123. The van der Waals surface area contributed by atoms with Crippen molar-refractivity contribution >= 4 is 12.2 Å². The molecule has 0 bridgehead atoms. The summed E-state index contributed by atoms with van der Waals surface area (Å²) >= 11 is 0. The van der Waals surface area contributed by atoms with Crippen molar-refractivity contribution in [3.8, 4) is 12.3 Å². The van der Waals surface area contributed by atoms with Gasteiger partial charge in [0.1, 0.15) is 6.29 Å². The highest BCUT2D eigenvalue weighted by Crippen LogP contribution is 1.94. The molecule has 0 spiro atoms. The van der Waals surface area contributed by atoms with Crippen molar-refractivity contribution < 1.29 is 9.59 Å². The van der Waals surface area contributed by atoms with Gasteiger partial charge in [-0.3, -0.25) is 4.79 Å². The van der Waals surface area contributed by atoms with Gasteiger partial charge in [0.25, 0.3) is 0 Å². The molecule has 0 aliphatic heterocycles. The number of carbonyl (C=O) groups is 2. The number of aldehydes is 1. The monoisotopic (exact) mass is 182 g/mol. The van der Waals surface area contributed by atoms with E-state index in [2.05, 4.69) is 16.6 Å². The number of rotatable bonds is 6. The van der Waals surface area contributed by atoms with E-state index in [4.69, 9.17) is 6.42 Å². The van der Waals surface area contributed by atoms with Gasteiger partial charge in [-0.05, 0) is 13.5 Å². The molecule has 1 atom stereocenters. The zero-order valence-corrected chi connectivity index (χ0v) is 7.67. The highest BCUT2D eigenvalue weighted by molar-refractivity contribution is 5.82. The van der Waals surface area contributed by atoms with E-state index in [1.165, 1.54) is 0 Å². The van der Waals surface area contributed by atoms with Crippen LogP contribution in [0.2, 0.25) is 0 Å². The summed E-state index contributed by atoms with van der Waals surface area (Å²) in [6, 6.07) is -0.335. The third-order valence-electron chi connectivity index (χ3n) is 1.60. The molecule has 72 valence electrons. The SMILES string of the molecule is C#CCNC(=O)C(CCC=O)NC. The maximum Gasteiger partial charge on any atom is 0.237 e. The molecule has 1 amide bonds. The van der Waals surface area contributed by atoms with Crippen molar-refractivity contribution in [3.05, 3.63) is 0 Å². The van der Waals surface area contributed by atoms with Crippen LogP contribution in [0.3, 0.4) is 0 Å². The average molecular weight is 182 g/mol. The van der Waals surface area contributed by atoms with Gasteiger partial charge in [0, 0.05) is 6.42 Å². The summed E-state index contributed by atoms with van der Waals surface area (Å²) in [6.07, 6.45) is 6.63. The van der Waals surface area contributed by atoms with Gasteiger partial charge in [-0.1, -0.05) is 5.92 Å². The van der Waals surface area contributed by atoms with E-state index in [0.717, 1.165) is 6.29 Å². The minimum Gasteiger partial charge on any atom is -0.344 e. The Bertz CT molecular complexity index is 208. The van der Waals surface area contributed by atoms with Gasteiger partial charge in [-0.15, -0.1) is 6.42 Å². The van der Waals surface area contributed by atoms with Crippen LogP contribution >= 0.6 is 0 Å². The largest absolute Gasteiger partial charge is 0.344 e. The molecule has 4 heteroatoms. The fourth-order valence-electron chi connectivity index (χ4n) is 0.903. The minimum atomic E-state index is -0.335. The molecule has 0 aromatic carbocycles. The highest BCUT2D eigenvalue weighted by Gasteiger charge is 2.14. The molecule has 0 fully saturated rings. The summed E-state index contributed by atoms with van der Waals surface area (Å²) in [6.45, 7) is 0.220. The first-order valence-electron chi connectivity index (χ1n) is 4.08. The summed E-state index contributed by atoms with van der Waals surface area (Å²) in [4.78, 5) is 21.3. The van der Waals surface area contributed by atoms with Crippen molar-refractivity contribution in [2.45, 2.75) is 18.9 Å². The third-order valence-corrected chi connectivity index (χ3v) is 1.60. The summed E-state index contributed by atoms with van der Waals surface area (Å²) in [5.74, 6) is 2.14. The third kappa shape index (κ3) is 4.99. The second kappa shape index (κ2) is 7.32. The van der Waals surface area contributed by atoms with Gasteiger partial charge in [0.05, 0.1) is 12.6 Å². The molecule has 0 rings (SSSR count). The van der Waals surface area contributed by atoms with E-state index in [1.807, 2.05) is 0 Å². The molecule has 0 aromatic rings. The predicted molar refractivity (Wildman–Crippen MR) is 50.0 cm³/mol. The number of hydrogen-bond acceptors (Lipinski definition) is 3. The maximum atomic E-state index is 11.3. The van der Waals surface area contributed by atoms with Crippen molar-refractivity contribution in [1.29, 1.82) is 0 Å². The first-order chi connectivity index (χ1) is 6.26. The number of amides is 1. The molecular formula is C9H14N2O2. The summed E-state index contributed by atoms with van der Waals surface area (Å²) in [7, 11) is 1.67. The van der Waals surface area contributed by atoms with Crippen LogP contribution in [0, 0.1) is 12.3 Å². The van der Waals surface area contributed by atoms with E-state index in [0.29, 0.717) is 12.8 Å². The fraction of sp³-hybridized carbons (Fsp3) is 0.556. The Hall–Kier alpha value is -1.34. The van der Waals surface area contributed by atoms with E-state index in [1.54, 1.807) is 7.05 Å². The molecule has 0 aliphatic carbocycles. The first-order valence-corrected chi connectivity index (χ1v) is 4.08. The van der Waals surface area contributed by atoms with Crippen molar-refractivity contribution in [2.24, 2.45) is 0 Å². The molecule has 0 aliphatic rings. The summed E-state index contributed by atoms with van der Waals surface area (Å²) < 4.78 is 0. The Balaban J connectivity index is 3.85. The molecule has 2 N–H and O–H groups in total. The molecule has 1 unspecified atom stereocenters. The smallest absolute Gasteiger partial charge is 0.237 e. The molecule has 13 heavy (non-hydrogen) atoms. The lowest BCUT2D eigenvalue weighted by Crippen LogP contribution is -2.42. The minimum absolute atomic E-state index is 0.165. The second-order valence-corrected chi connectivity index (χ2v) is 2.51. The van der Waals surface area contributed by atoms with Gasteiger partial charge >= 0.3 is 0 Å². The van der Waals surface area contributed by atoms with Gasteiger partial charge < -0.3 is 15.4 Å². The van der Waals surface area contributed by atoms with Crippen molar-refractivity contribution in [3.63, 3.8) is 0 Å². The van der Waals surface area contributed by atoms with Crippen molar-refractivity contribution in [2.75, 3.05) is 13.6 Å². The lowest BCUT2D eigenvalue weighted by Gasteiger charge is -2.13. The van der Waals surface area contributed by atoms with Gasteiger partial charge in [0.15, 0.2) is 0 Å². The van der Waals surface area contributed by atoms with Crippen LogP contribution in [-0.2, 0) is 9.59 Å². The summed E-state index contributed by atoms with van der Waals surface area (Å²) in [5, 5.41) is 5.34. The molecular weight excluding hydrogens is 168 g/mol. The quantitative estimate of drug-likeness (QED) is 0.422. The molecule has 0 heterocycles. The average Bonchev–Trinajstić information content (AvgIpc) is 2.16. The Morgan fingerprint density at radius 1 is 1.69 bits per heavy atom. The van der Waals surface area contributed by atoms with Crippen LogP contribution in [0.15, 0.2) is 0 Å². The van der Waals surface area contributed by atoms with Crippen LogP contribution in [0.25, 0.3) is 0 Å². The number of hydrogen-bond donors (Lipinski definition) is 2. The van der Waals surface area contributed by atoms with Crippen LogP contribution in [-0.4, -0.2) is 31.8 Å². The lowest BCUT2D eigenvalue weighted by atomic mass is 10.1. The molecule has 0 radical (unpaired) electrons. The molecule has 0 aromatic heterocycles. The number of likely N-dealkylation sites (N-methyl/N-ethyl adjacent to an activating group) is 1.